The van der Waals surface area contributed by atoms with Crippen molar-refractivity contribution in [3.8, 4) is 0 Å². The number of hydroxylamine groups is 4. The van der Waals surface area contributed by atoms with E-state index in [1.54, 1.807) is 0 Å². The molecule has 26 heavy (non-hydrogen) atoms. The van der Waals surface area contributed by atoms with Gasteiger partial charge in [0, 0.05) is 32.1 Å². The van der Waals surface area contributed by atoms with E-state index in [9.17, 15) is 24.0 Å². The molecule has 2 rings (SSSR count). The van der Waals surface area contributed by atoms with Crippen molar-refractivity contribution in [3.63, 3.8) is 0 Å². The highest BCUT2D eigenvalue weighted by Gasteiger charge is 2.32. The molecule has 0 N–H and O–H groups in total. The van der Waals surface area contributed by atoms with E-state index in [0.717, 1.165) is 5.06 Å². The molecule has 0 aromatic rings. The Morgan fingerprint density at radius 3 is 1.62 bits per heavy atom. The topological polar surface area (TPSA) is 110 Å². The fraction of sp³-hybridized carbons (Fsp3) is 0.588. The van der Waals surface area contributed by atoms with Gasteiger partial charge >= 0.3 is 11.9 Å². The van der Waals surface area contributed by atoms with Gasteiger partial charge in [-0.15, -0.1) is 10.1 Å². The third-order valence-electron chi connectivity index (χ3n) is 4.04. The molecule has 0 saturated carbocycles. The van der Waals surface area contributed by atoms with E-state index in [1.165, 1.54) is 0 Å². The molecule has 9 heteroatoms. The minimum Gasteiger partial charge on any atom is -0.334 e. The molecule has 3 amide bonds. The number of rotatable bonds is 9. The summed E-state index contributed by atoms with van der Waals surface area (Å²) in [6, 6.07) is 0. The number of hydrogen-bond acceptors (Lipinski definition) is 7. The normalized spacial score (nSPS) is 17.2. The van der Waals surface area contributed by atoms with Crippen LogP contribution in [0.2, 0.25) is 0 Å². The molecule has 142 valence electrons. The molecule has 0 unspecified atom stereocenters. The van der Waals surface area contributed by atoms with Crippen LogP contribution in [0.3, 0.4) is 0 Å². The van der Waals surface area contributed by atoms with Crippen LogP contribution < -0.4 is 0 Å². The lowest BCUT2D eigenvalue weighted by Crippen LogP contribution is -2.31. The third kappa shape index (κ3) is 5.40. The van der Waals surface area contributed by atoms with Crippen molar-refractivity contribution in [2.75, 3.05) is 0 Å². The molecule has 2 heterocycles. The molecule has 2 fully saturated rings. The SMILES string of the molecule is C=C1CCC(=O)N1OC(=O)CCCCCCC(=O)ON1C(=O)CCC1=O. The number of amides is 3. The first-order chi connectivity index (χ1) is 12.4. The molecular weight excluding hydrogens is 344 g/mol. The van der Waals surface area contributed by atoms with Crippen LogP contribution in [0.25, 0.3) is 0 Å². The zero-order chi connectivity index (χ0) is 19.1. The van der Waals surface area contributed by atoms with Gasteiger partial charge in [-0.25, -0.2) is 9.59 Å². The number of carbonyl (C=O) groups excluding carboxylic acids is 5. The number of allylic oxidation sites excluding steroid dienone is 1. The highest BCUT2D eigenvalue weighted by Crippen LogP contribution is 2.21. The van der Waals surface area contributed by atoms with Crippen molar-refractivity contribution >= 4 is 29.7 Å². The summed E-state index contributed by atoms with van der Waals surface area (Å²) in [5, 5.41) is 1.49. The van der Waals surface area contributed by atoms with Crippen molar-refractivity contribution in [2.24, 2.45) is 0 Å². The lowest BCUT2D eigenvalue weighted by atomic mass is 10.1. The van der Waals surface area contributed by atoms with Crippen molar-refractivity contribution < 1.29 is 33.6 Å². The second-order valence-electron chi connectivity index (χ2n) is 6.18. The summed E-state index contributed by atoms with van der Waals surface area (Å²) >= 11 is 0. The summed E-state index contributed by atoms with van der Waals surface area (Å²) in [5.74, 6) is -2.38. The van der Waals surface area contributed by atoms with Crippen LogP contribution in [0.1, 0.15) is 64.2 Å². The number of nitrogens with zero attached hydrogens (tertiary/aromatic N) is 2. The van der Waals surface area contributed by atoms with E-state index >= 15 is 0 Å². The number of imide groups is 1. The minimum atomic E-state index is -0.626. The summed E-state index contributed by atoms with van der Waals surface area (Å²) in [5.41, 5.74) is 0.483. The fourth-order valence-corrected chi connectivity index (χ4v) is 2.59. The molecular formula is C17H22N2O7. The van der Waals surface area contributed by atoms with Gasteiger partial charge in [-0.3, -0.25) is 14.4 Å². The van der Waals surface area contributed by atoms with Gasteiger partial charge < -0.3 is 9.68 Å². The maximum absolute atomic E-state index is 11.7. The van der Waals surface area contributed by atoms with Crippen LogP contribution in [-0.4, -0.2) is 39.8 Å². The molecule has 0 radical (unpaired) electrons. The van der Waals surface area contributed by atoms with E-state index in [2.05, 4.69) is 6.58 Å². The van der Waals surface area contributed by atoms with E-state index in [4.69, 9.17) is 9.68 Å². The smallest absolute Gasteiger partial charge is 0.333 e. The number of carbonyl (C=O) groups is 5. The average Bonchev–Trinajstić information content (AvgIpc) is 3.08. The highest BCUT2D eigenvalue weighted by molar-refractivity contribution is 6.01. The molecule has 0 spiro atoms. The minimum absolute atomic E-state index is 0.0680. The number of unbranched alkanes of at least 4 members (excludes halogenated alkanes) is 3. The van der Waals surface area contributed by atoms with Crippen LogP contribution in [-0.2, 0) is 33.6 Å². The Labute approximate surface area is 150 Å². The van der Waals surface area contributed by atoms with E-state index in [0.29, 0.717) is 49.3 Å². The van der Waals surface area contributed by atoms with Crippen LogP contribution >= 0.6 is 0 Å². The first-order valence-electron chi connectivity index (χ1n) is 8.66. The standard InChI is InChI=1S/C17H22N2O7/c1-12-8-9-13(20)18(12)25-16(23)6-4-2-3-5-7-17(24)26-19-14(21)10-11-15(19)22/h1-11H2. The lowest BCUT2D eigenvalue weighted by molar-refractivity contribution is -0.197. The summed E-state index contributed by atoms with van der Waals surface area (Å²) in [4.78, 5) is 67.1. The molecule has 0 atom stereocenters. The second kappa shape index (κ2) is 9.12. The van der Waals surface area contributed by atoms with Crippen LogP contribution in [0.15, 0.2) is 12.3 Å². The van der Waals surface area contributed by atoms with Gasteiger partial charge in [0.1, 0.15) is 0 Å². The molecule has 2 aliphatic rings. The van der Waals surface area contributed by atoms with Crippen LogP contribution in [0.5, 0.6) is 0 Å². The Kier molecular flexibility index (Phi) is 6.88. The maximum atomic E-state index is 11.7. The Morgan fingerprint density at radius 2 is 1.15 bits per heavy atom. The highest BCUT2D eigenvalue weighted by atomic mass is 16.7. The molecule has 9 nitrogen and oxygen atoms in total. The van der Waals surface area contributed by atoms with Crippen LogP contribution in [0.4, 0.5) is 0 Å². The van der Waals surface area contributed by atoms with E-state index in [-0.39, 0.29) is 31.6 Å². The zero-order valence-corrected chi connectivity index (χ0v) is 14.5. The Hall–Kier alpha value is -2.71. The maximum Gasteiger partial charge on any atom is 0.333 e. The molecule has 0 aromatic carbocycles. The van der Waals surface area contributed by atoms with E-state index < -0.39 is 23.8 Å². The van der Waals surface area contributed by atoms with Gasteiger partial charge in [-0.2, -0.15) is 0 Å². The average molecular weight is 366 g/mol. The summed E-state index contributed by atoms with van der Waals surface area (Å²) < 4.78 is 0. The van der Waals surface area contributed by atoms with Gasteiger partial charge in [0.05, 0.1) is 5.70 Å². The molecule has 0 aromatic heterocycles. The Balaban J connectivity index is 1.52. The van der Waals surface area contributed by atoms with Crippen LogP contribution in [0, 0.1) is 0 Å². The fourth-order valence-electron chi connectivity index (χ4n) is 2.59. The summed E-state index contributed by atoms with van der Waals surface area (Å²) in [6.45, 7) is 3.66. The van der Waals surface area contributed by atoms with Gasteiger partial charge in [-0.1, -0.05) is 19.4 Å². The van der Waals surface area contributed by atoms with Gasteiger partial charge in [0.2, 0.25) is 0 Å². The van der Waals surface area contributed by atoms with E-state index in [1.807, 2.05) is 0 Å². The Morgan fingerprint density at radius 1 is 0.731 bits per heavy atom. The molecule has 0 aliphatic carbocycles. The van der Waals surface area contributed by atoms with Crippen molar-refractivity contribution in [3.05, 3.63) is 12.3 Å². The Bertz CT molecular complexity index is 543. The predicted molar refractivity (Wildman–Crippen MR) is 86.2 cm³/mol. The molecule has 0 bridgehead atoms. The largest absolute Gasteiger partial charge is 0.334 e. The van der Waals surface area contributed by atoms with Gasteiger partial charge in [0.15, 0.2) is 0 Å². The van der Waals surface area contributed by atoms with Gasteiger partial charge in [0.25, 0.3) is 17.7 Å². The monoisotopic (exact) mass is 366 g/mol. The van der Waals surface area contributed by atoms with Crippen molar-refractivity contribution in [1.82, 2.24) is 10.1 Å². The second-order valence-corrected chi connectivity index (χ2v) is 6.18. The quantitative estimate of drug-likeness (QED) is 0.449. The first-order valence-corrected chi connectivity index (χ1v) is 8.66. The molecule has 2 aliphatic heterocycles. The third-order valence-corrected chi connectivity index (χ3v) is 4.04. The molecule has 2 saturated heterocycles. The van der Waals surface area contributed by atoms with Crippen molar-refractivity contribution in [2.45, 2.75) is 64.2 Å². The summed E-state index contributed by atoms with van der Waals surface area (Å²) in [6.07, 6.45) is 3.64. The predicted octanol–water partition coefficient (Wildman–Crippen LogP) is 1.53. The van der Waals surface area contributed by atoms with Gasteiger partial charge in [-0.05, 0) is 19.3 Å². The number of hydrogen-bond donors (Lipinski definition) is 0. The zero-order valence-electron chi connectivity index (χ0n) is 14.5. The van der Waals surface area contributed by atoms with Crippen molar-refractivity contribution in [1.29, 1.82) is 0 Å². The first kappa shape index (κ1) is 19.6. The lowest BCUT2D eigenvalue weighted by Gasteiger charge is -2.15. The summed E-state index contributed by atoms with van der Waals surface area (Å²) in [7, 11) is 0.